The van der Waals surface area contributed by atoms with Crippen LogP contribution in [0.3, 0.4) is 0 Å². The summed E-state index contributed by atoms with van der Waals surface area (Å²) in [5, 5.41) is 3.42. The lowest BCUT2D eigenvalue weighted by Gasteiger charge is -2.32. The first-order chi connectivity index (χ1) is 9.17. The molecule has 2 aliphatic rings. The van der Waals surface area contributed by atoms with E-state index in [1.54, 1.807) is 7.11 Å². The number of Topliss-reactive ketones (excluding diaryl/α,β-unsaturated/α-hetero) is 1. The number of ketones is 1. The molecular weight excluding hydrogens is 238 g/mol. The van der Waals surface area contributed by atoms with E-state index < -0.39 is 0 Å². The van der Waals surface area contributed by atoms with E-state index >= 15 is 0 Å². The van der Waals surface area contributed by atoms with Gasteiger partial charge in [0.05, 0.1) is 6.04 Å². The lowest BCUT2D eigenvalue weighted by molar-refractivity contribution is -0.120. The Hall–Kier alpha value is -0.410. The number of methoxy groups -OCH3 is 1. The van der Waals surface area contributed by atoms with Crippen LogP contribution in [-0.2, 0) is 9.53 Å². The van der Waals surface area contributed by atoms with Crippen LogP contribution in [0, 0.1) is 5.41 Å². The molecule has 1 unspecified atom stereocenters. The molecule has 1 atom stereocenters. The molecule has 0 aromatic heterocycles. The third-order valence-electron chi connectivity index (χ3n) is 4.42. The highest BCUT2D eigenvalue weighted by Crippen LogP contribution is 2.42. The highest BCUT2D eigenvalue weighted by Gasteiger charge is 2.41. The lowest BCUT2D eigenvalue weighted by atomic mass is 9.72. The van der Waals surface area contributed by atoms with E-state index in [0.29, 0.717) is 17.6 Å². The molecule has 1 spiro atoms. The normalized spacial score (nSPS) is 24.9. The SMILES string of the molecule is CCC(=O)C1CC2(CCCCC2)CN1.CCCOC. The zero-order valence-electron chi connectivity index (χ0n) is 13.0. The number of rotatable bonds is 4. The average Bonchev–Trinajstić information content (AvgIpc) is 2.84. The fourth-order valence-corrected chi connectivity index (χ4v) is 3.28. The van der Waals surface area contributed by atoms with Crippen LogP contribution in [0.2, 0.25) is 0 Å². The second-order valence-electron chi connectivity index (χ2n) is 6.01. The predicted octanol–water partition coefficient (Wildman–Crippen LogP) is 3.32. The Balaban J connectivity index is 0.000000312. The number of carbonyl (C=O) groups excluding carboxylic acids is 1. The van der Waals surface area contributed by atoms with E-state index in [9.17, 15) is 4.79 Å². The number of nitrogens with one attached hydrogen (secondary N) is 1. The quantitative estimate of drug-likeness (QED) is 0.851. The predicted molar refractivity (Wildman–Crippen MR) is 79.4 cm³/mol. The first kappa shape index (κ1) is 16.6. The highest BCUT2D eigenvalue weighted by atomic mass is 16.5. The largest absolute Gasteiger partial charge is 0.385 e. The minimum atomic E-state index is 0.179. The van der Waals surface area contributed by atoms with Gasteiger partial charge in [-0.2, -0.15) is 0 Å². The molecule has 1 aliphatic heterocycles. The Kier molecular flexibility index (Phi) is 7.62. The van der Waals surface area contributed by atoms with Crippen molar-refractivity contribution in [1.82, 2.24) is 5.32 Å². The van der Waals surface area contributed by atoms with Crippen molar-refractivity contribution in [3.8, 4) is 0 Å². The first-order valence-corrected chi connectivity index (χ1v) is 7.92. The summed E-state index contributed by atoms with van der Waals surface area (Å²) < 4.78 is 4.69. The van der Waals surface area contributed by atoms with Crippen LogP contribution < -0.4 is 5.32 Å². The van der Waals surface area contributed by atoms with Gasteiger partial charge in [0.2, 0.25) is 0 Å². The maximum atomic E-state index is 11.6. The van der Waals surface area contributed by atoms with Gasteiger partial charge in [0, 0.05) is 26.7 Å². The third kappa shape index (κ3) is 5.23. The molecule has 3 heteroatoms. The van der Waals surface area contributed by atoms with Gasteiger partial charge in [-0.25, -0.2) is 0 Å². The highest BCUT2D eigenvalue weighted by molar-refractivity contribution is 5.84. The minimum absolute atomic E-state index is 0.179. The minimum Gasteiger partial charge on any atom is -0.385 e. The molecule has 0 bridgehead atoms. The van der Waals surface area contributed by atoms with E-state index in [-0.39, 0.29) is 6.04 Å². The molecule has 1 aliphatic carbocycles. The Morgan fingerprint density at radius 1 is 1.26 bits per heavy atom. The number of hydrogen-bond acceptors (Lipinski definition) is 3. The Labute approximate surface area is 118 Å². The van der Waals surface area contributed by atoms with Crippen LogP contribution in [-0.4, -0.2) is 32.1 Å². The topological polar surface area (TPSA) is 38.3 Å². The molecule has 0 aromatic carbocycles. The standard InChI is InChI=1S/C12H21NO.C4H10O/c1-2-11(14)10-8-12(9-13-10)6-4-3-5-7-12;1-3-4-5-2/h10,13H,2-9H2,1H3;3-4H2,1-2H3. The van der Waals surface area contributed by atoms with Crippen molar-refractivity contribution >= 4 is 5.78 Å². The van der Waals surface area contributed by atoms with Crippen LogP contribution in [0.1, 0.15) is 65.2 Å². The maximum absolute atomic E-state index is 11.6. The summed E-state index contributed by atoms with van der Waals surface area (Å²) in [5.74, 6) is 0.410. The average molecular weight is 269 g/mol. The van der Waals surface area contributed by atoms with Crippen LogP contribution in [0.25, 0.3) is 0 Å². The van der Waals surface area contributed by atoms with Gasteiger partial charge in [-0.3, -0.25) is 4.79 Å². The van der Waals surface area contributed by atoms with Crippen molar-refractivity contribution in [3.63, 3.8) is 0 Å². The third-order valence-corrected chi connectivity index (χ3v) is 4.42. The van der Waals surface area contributed by atoms with Crippen LogP contribution in [0.5, 0.6) is 0 Å². The fourth-order valence-electron chi connectivity index (χ4n) is 3.28. The van der Waals surface area contributed by atoms with Gasteiger partial charge in [-0.05, 0) is 31.1 Å². The smallest absolute Gasteiger partial charge is 0.149 e. The molecule has 0 amide bonds. The van der Waals surface area contributed by atoms with Gasteiger partial charge in [-0.15, -0.1) is 0 Å². The van der Waals surface area contributed by atoms with Gasteiger partial charge in [0.25, 0.3) is 0 Å². The van der Waals surface area contributed by atoms with Gasteiger partial charge < -0.3 is 10.1 Å². The molecule has 3 nitrogen and oxygen atoms in total. The Bertz CT molecular complexity index is 257. The first-order valence-electron chi connectivity index (χ1n) is 7.92. The Morgan fingerprint density at radius 3 is 2.42 bits per heavy atom. The second-order valence-corrected chi connectivity index (χ2v) is 6.01. The molecule has 1 saturated heterocycles. The molecule has 2 fully saturated rings. The van der Waals surface area contributed by atoms with Gasteiger partial charge >= 0.3 is 0 Å². The van der Waals surface area contributed by atoms with Crippen molar-refractivity contribution in [2.45, 2.75) is 71.3 Å². The number of ether oxygens (including phenoxy) is 1. The summed E-state index contributed by atoms with van der Waals surface area (Å²) in [6, 6.07) is 0.179. The molecular formula is C16H31NO2. The molecule has 1 saturated carbocycles. The number of carbonyl (C=O) groups is 1. The molecule has 1 N–H and O–H groups in total. The lowest BCUT2D eigenvalue weighted by Crippen LogP contribution is -2.29. The van der Waals surface area contributed by atoms with E-state index in [1.165, 1.54) is 32.1 Å². The second kappa shape index (κ2) is 8.70. The summed E-state index contributed by atoms with van der Waals surface area (Å²) in [7, 11) is 1.71. The van der Waals surface area contributed by atoms with Gasteiger partial charge in [-0.1, -0.05) is 33.1 Å². The van der Waals surface area contributed by atoms with Crippen molar-refractivity contribution in [1.29, 1.82) is 0 Å². The summed E-state index contributed by atoms with van der Waals surface area (Å²) in [6.45, 7) is 6.03. The van der Waals surface area contributed by atoms with Crippen LogP contribution in [0.15, 0.2) is 0 Å². The van der Waals surface area contributed by atoms with Crippen LogP contribution in [0.4, 0.5) is 0 Å². The molecule has 0 aromatic rings. The molecule has 1 heterocycles. The van der Waals surface area contributed by atoms with Gasteiger partial charge in [0.15, 0.2) is 0 Å². The maximum Gasteiger partial charge on any atom is 0.149 e. The van der Waals surface area contributed by atoms with E-state index in [1.807, 2.05) is 6.92 Å². The van der Waals surface area contributed by atoms with Gasteiger partial charge in [0.1, 0.15) is 5.78 Å². The zero-order chi connectivity index (χ0) is 14.1. The zero-order valence-corrected chi connectivity index (χ0v) is 13.0. The molecule has 112 valence electrons. The summed E-state index contributed by atoms with van der Waals surface area (Å²) in [4.78, 5) is 11.6. The molecule has 19 heavy (non-hydrogen) atoms. The summed E-state index contributed by atoms with van der Waals surface area (Å²) in [6.07, 6.45) is 9.74. The van der Waals surface area contributed by atoms with Crippen LogP contribution >= 0.6 is 0 Å². The Morgan fingerprint density at radius 2 is 1.95 bits per heavy atom. The van der Waals surface area contributed by atoms with Crippen molar-refractivity contribution in [2.24, 2.45) is 5.41 Å². The molecule has 2 rings (SSSR count). The molecule has 0 radical (unpaired) electrons. The number of hydrogen-bond donors (Lipinski definition) is 1. The van der Waals surface area contributed by atoms with E-state index in [4.69, 9.17) is 4.74 Å². The van der Waals surface area contributed by atoms with Crippen molar-refractivity contribution in [3.05, 3.63) is 0 Å². The summed E-state index contributed by atoms with van der Waals surface area (Å²) >= 11 is 0. The monoisotopic (exact) mass is 269 g/mol. The van der Waals surface area contributed by atoms with Crippen molar-refractivity contribution < 1.29 is 9.53 Å². The summed E-state index contributed by atoms with van der Waals surface area (Å²) in [5.41, 5.74) is 0.494. The van der Waals surface area contributed by atoms with E-state index in [0.717, 1.165) is 26.0 Å². The van der Waals surface area contributed by atoms with E-state index in [2.05, 4.69) is 12.2 Å². The van der Waals surface area contributed by atoms with Crippen molar-refractivity contribution in [2.75, 3.05) is 20.3 Å². The fraction of sp³-hybridized carbons (Fsp3) is 0.938.